The minimum Gasteiger partial charge on any atom is -0.496 e. The number of nitrogens with one attached hydrogen (secondary N) is 1. The predicted octanol–water partition coefficient (Wildman–Crippen LogP) is 5.50. The second kappa shape index (κ2) is 37.0. The Hall–Kier alpha value is -4.03. The summed E-state index contributed by atoms with van der Waals surface area (Å²) in [6.07, 6.45) is -3.53. The van der Waals surface area contributed by atoms with Crippen molar-refractivity contribution in [3.8, 4) is 28.0 Å². The molecule has 1 amide bonds. The number of rotatable bonds is 41. The SMILES string of the molecule is COCCOCCOCCOCCOCCOCCOCCOCCOCCOCCOCCOCCOC(=O)NCc1cc(-c2cc(-c3cccc(C(F)(F)F)c3)ccc2OC)ccn1. The summed E-state index contributed by atoms with van der Waals surface area (Å²) in [5.41, 5.74) is 2.17. The quantitative estimate of drug-likeness (QED) is 0.0707. The van der Waals surface area contributed by atoms with E-state index in [1.165, 1.54) is 13.2 Å². The summed E-state index contributed by atoms with van der Waals surface area (Å²) in [7, 11) is 3.15. The lowest BCUT2D eigenvalue weighted by Crippen LogP contribution is -2.25. The Labute approximate surface area is 385 Å². The van der Waals surface area contributed by atoms with Crippen LogP contribution in [0.1, 0.15) is 11.3 Å². The Morgan fingerprint density at radius 3 is 1.35 bits per heavy atom. The van der Waals surface area contributed by atoms with Gasteiger partial charge in [-0.25, -0.2) is 4.79 Å². The van der Waals surface area contributed by atoms with E-state index in [1.807, 2.05) is 0 Å². The topological polar surface area (TPSA) is 171 Å². The summed E-state index contributed by atoms with van der Waals surface area (Å²) in [5, 5.41) is 2.65. The van der Waals surface area contributed by atoms with Crippen molar-refractivity contribution < 1.29 is 84.3 Å². The molecule has 0 saturated carbocycles. The number of carbonyl (C=O) groups excluding carboxylic acids is 1. The number of methoxy groups -OCH3 is 2. The van der Waals surface area contributed by atoms with E-state index in [9.17, 15) is 18.0 Å². The highest BCUT2D eigenvalue weighted by Gasteiger charge is 2.30. The van der Waals surface area contributed by atoms with Crippen molar-refractivity contribution >= 4 is 6.09 Å². The van der Waals surface area contributed by atoms with Crippen LogP contribution in [0.2, 0.25) is 0 Å². The number of alkyl halides is 3. The molecule has 372 valence electrons. The first-order valence-corrected chi connectivity index (χ1v) is 21.9. The van der Waals surface area contributed by atoms with Gasteiger partial charge in [0.25, 0.3) is 0 Å². The van der Waals surface area contributed by atoms with Gasteiger partial charge < -0.3 is 71.6 Å². The number of pyridine rings is 1. The molecule has 0 spiro atoms. The Balaban J connectivity index is 1.05. The Bertz CT molecular complexity index is 1680. The lowest BCUT2D eigenvalue weighted by atomic mass is 9.97. The third-order valence-electron chi connectivity index (χ3n) is 8.88. The van der Waals surface area contributed by atoms with Crippen LogP contribution in [0.5, 0.6) is 5.75 Å². The Morgan fingerprint density at radius 1 is 0.500 bits per heavy atom. The molecule has 0 bridgehead atoms. The molecule has 17 nitrogen and oxygen atoms in total. The monoisotopic (exact) mass is 944 g/mol. The maximum atomic E-state index is 13.3. The van der Waals surface area contributed by atoms with Crippen LogP contribution >= 0.6 is 0 Å². The van der Waals surface area contributed by atoms with Gasteiger partial charge in [0.2, 0.25) is 0 Å². The van der Waals surface area contributed by atoms with Crippen LogP contribution in [-0.4, -0.2) is 184 Å². The van der Waals surface area contributed by atoms with Gasteiger partial charge in [0, 0.05) is 18.9 Å². The molecule has 0 aliphatic rings. The lowest BCUT2D eigenvalue weighted by Gasteiger charge is -2.14. The molecule has 0 unspecified atom stereocenters. The zero-order valence-electron chi connectivity index (χ0n) is 38.2. The molecule has 66 heavy (non-hydrogen) atoms. The number of hydrogen-bond donors (Lipinski definition) is 1. The van der Waals surface area contributed by atoms with E-state index in [4.69, 9.17) is 66.3 Å². The number of amides is 1. The second-order valence-corrected chi connectivity index (χ2v) is 13.7. The molecule has 0 fully saturated rings. The van der Waals surface area contributed by atoms with Crippen molar-refractivity contribution in [2.45, 2.75) is 12.7 Å². The molecular weight excluding hydrogens is 877 g/mol. The molecule has 0 radical (unpaired) electrons. The number of halogens is 3. The van der Waals surface area contributed by atoms with Gasteiger partial charge in [-0.3, -0.25) is 4.98 Å². The van der Waals surface area contributed by atoms with E-state index in [1.54, 1.807) is 49.7 Å². The standard InChI is InChI=1S/C46H67F3N2O15/c1-53-10-11-55-12-13-56-14-15-57-16-17-58-18-19-59-20-21-60-22-23-61-24-25-62-26-27-63-28-29-64-30-31-65-32-33-66-45(52)51-37-42-35-40(8-9-50-42)43-36-39(6-7-44(43)54-2)38-4-3-5-41(34-38)46(47,48)49/h3-9,34-36H,10-33,37H2,1-2H3,(H,51,52). The minimum absolute atomic E-state index is 0.0396. The van der Waals surface area contributed by atoms with E-state index in [0.717, 1.165) is 12.1 Å². The fourth-order valence-corrected chi connectivity index (χ4v) is 5.58. The molecule has 2 aromatic carbocycles. The zero-order valence-corrected chi connectivity index (χ0v) is 38.2. The molecule has 1 N–H and O–H groups in total. The predicted molar refractivity (Wildman–Crippen MR) is 236 cm³/mol. The number of benzene rings is 2. The summed E-state index contributed by atoms with van der Waals surface area (Å²) in [5.74, 6) is 0.527. The largest absolute Gasteiger partial charge is 0.496 e. The summed E-state index contributed by atoms with van der Waals surface area (Å²) in [4.78, 5) is 16.6. The van der Waals surface area contributed by atoms with Gasteiger partial charge in [-0.1, -0.05) is 18.2 Å². The van der Waals surface area contributed by atoms with Crippen LogP contribution in [0.4, 0.5) is 18.0 Å². The van der Waals surface area contributed by atoms with Crippen LogP contribution < -0.4 is 10.1 Å². The lowest BCUT2D eigenvalue weighted by molar-refractivity contribution is -0.137. The average Bonchev–Trinajstić information content (AvgIpc) is 3.32. The summed E-state index contributed by atoms with van der Waals surface area (Å²) < 4.78 is 116. The van der Waals surface area contributed by atoms with Crippen LogP contribution in [0.3, 0.4) is 0 Å². The Morgan fingerprint density at radius 2 is 0.924 bits per heavy atom. The first kappa shape index (κ1) is 56.3. The van der Waals surface area contributed by atoms with Crippen molar-refractivity contribution in [1.82, 2.24) is 10.3 Å². The van der Waals surface area contributed by atoms with Gasteiger partial charge >= 0.3 is 12.3 Å². The summed E-state index contributed by atoms with van der Waals surface area (Å²) in [6, 6.07) is 13.8. The highest BCUT2D eigenvalue weighted by molar-refractivity contribution is 5.78. The number of ether oxygens (including phenoxy) is 14. The smallest absolute Gasteiger partial charge is 0.416 e. The van der Waals surface area contributed by atoms with Gasteiger partial charge in [0.05, 0.1) is 177 Å². The molecule has 0 aliphatic heterocycles. The number of carbonyl (C=O) groups is 1. The Kier molecular flexibility index (Phi) is 31.6. The van der Waals surface area contributed by atoms with Gasteiger partial charge in [0.1, 0.15) is 12.4 Å². The van der Waals surface area contributed by atoms with Crippen LogP contribution in [0, 0.1) is 0 Å². The van der Waals surface area contributed by atoms with E-state index >= 15 is 0 Å². The van der Waals surface area contributed by atoms with Crippen molar-refractivity contribution in [1.29, 1.82) is 0 Å². The number of aromatic nitrogens is 1. The minimum atomic E-state index is -4.46. The van der Waals surface area contributed by atoms with Crippen molar-refractivity contribution in [2.24, 2.45) is 0 Å². The number of nitrogens with zero attached hydrogens (tertiary/aromatic N) is 1. The highest BCUT2D eigenvalue weighted by atomic mass is 19.4. The molecule has 1 heterocycles. The fourth-order valence-electron chi connectivity index (χ4n) is 5.58. The fraction of sp³-hybridized carbons (Fsp3) is 0.609. The zero-order chi connectivity index (χ0) is 47.2. The summed E-state index contributed by atoms with van der Waals surface area (Å²) in [6.45, 7) is 10.6. The number of alkyl carbamates (subject to hydrolysis) is 1. The van der Waals surface area contributed by atoms with Crippen molar-refractivity contribution in [2.75, 3.05) is 173 Å². The molecule has 3 aromatic rings. The van der Waals surface area contributed by atoms with Crippen LogP contribution in [0.25, 0.3) is 22.3 Å². The third-order valence-corrected chi connectivity index (χ3v) is 8.88. The van der Waals surface area contributed by atoms with E-state index in [0.29, 0.717) is 179 Å². The van der Waals surface area contributed by atoms with E-state index < -0.39 is 17.8 Å². The molecule has 1 aromatic heterocycles. The molecule has 3 rings (SSSR count). The van der Waals surface area contributed by atoms with Crippen molar-refractivity contribution in [3.63, 3.8) is 0 Å². The van der Waals surface area contributed by atoms with E-state index in [-0.39, 0.29) is 19.8 Å². The average molecular weight is 945 g/mol. The first-order chi connectivity index (χ1) is 32.3. The maximum absolute atomic E-state index is 13.3. The van der Waals surface area contributed by atoms with Gasteiger partial charge in [-0.15, -0.1) is 0 Å². The molecule has 0 atom stereocenters. The van der Waals surface area contributed by atoms with Crippen LogP contribution in [0.15, 0.2) is 60.8 Å². The number of hydrogen-bond acceptors (Lipinski definition) is 16. The van der Waals surface area contributed by atoms with Crippen molar-refractivity contribution in [3.05, 3.63) is 72.1 Å². The third kappa shape index (κ3) is 26.9. The second-order valence-electron chi connectivity index (χ2n) is 13.7. The highest BCUT2D eigenvalue weighted by Crippen LogP contribution is 2.36. The van der Waals surface area contributed by atoms with Gasteiger partial charge in [-0.2, -0.15) is 13.2 Å². The normalized spacial score (nSPS) is 11.6. The molecular formula is C46H67F3N2O15. The van der Waals surface area contributed by atoms with Crippen LogP contribution in [-0.2, 0) is 74.3 Å². The van der Waals surface area contributed by atoms with Gasteiger partial charge in [0.15, 0.2) is 0 Å². The van der Waals surface area contributed by atoms with E-state index in [2.05, 4.69) is 10.3 Å². The maximum Gasteiger partial charge on any atom is 0.416 e. The molecule has 0 saturated heterocycles. The summed E-state index contributed by atoms with van der Waals surface area (Å²) >= 11 is 0. The first-order valence-electron chi connectivity index (χ1n) is 21.9. The van der Waals surface area contributed by atoms with Gasteiger partial charge in [-0.05, 0) is 53.1 Å². The molecule has 20 heteroatoms. The molecule has 0 aliphatic carbocycles.